The Hall–Kier alpha value is -2.25. The third-order valence-electron chi connectivity index (χ3n) is 3.67. The monoisotopic (exact) mass is 405 g/mol. The number of benzene rings is 1. The van der Waals surface area contributed by atoms with Gasteiger partial charge < -0.3 is 0 Å². The van der Waals surface area contributed by atoms with Crippen LogP contribution in [0.2, 0.25) is 10.0 Å². The number of Topliss-reactive ketones (excluding diaryl/α,β-unsaturated/α-hetero) is 1. The van der Waals surface area contributed by atoms with Crippen LogP contribution in [0, 0.1) is 22.7 Å². The highest BCUT2D eigenvalue weighted by atomic mass is 35.5. The predicted molar refractivity (Wildman–Crippen MR) is 102 cm³/mol. The van der Waals surface area contributed by atoms with Gasteiger partial charge in [0, 0.05) is 11.1 Å². The Morgan fingerprint density at radius 2 is 1.88 bits per heavy atom. The van der Waals surface area contributed by atoms with Gasteiger partial charge in [-0.05, 0) is 24.1 Å². The molecule has 0 atom stereocenters. The van der Waals surface area contributed by atoms with Crippen LogP contribution in [0.4, 0.5) is 5.82 Å². The van der Waals surface area contributed by atoms with Crippen LogP contribution < -0.4 is 10.7 Å². The van der Waals surface area contributed by atoms with Gasteiger partial charge in [-0.25, -0.2) is 4.98 Å². The number of nitrogens with zero attached hydrogens (tertiary/aromatic N) is 2. The van der Waals surface area contributed by atoms with E-state index in [4.69, 9.17) is 28.9 Å². The zero-order valence-electron chi connectivity index (χ0n) is 14.1. The predicted octanol–water partition coefficient (Wildman–Crippen LogP) is 4.23. The molecule has 0 aliphatic heterocycles. The van der Waals surface area contributed by atoms with Crippen molar-refractivity contribution in [3.63, 3.8) is 0 Å². The Morgan fingerprint density at radius 3 is 2.42 bits per heavy atom. The first kappa shape index (κ1) is 20.1. The molecule has 0 aliphatic rings. The van der Waals surface area contributed by atoms with E-state index in [2.05, 4.69) is 11.1 Å². The van der Waals surface area contributed by atoms with Gasteiger partial charge >= 0.3 is 0 Å². The number of aromatic amines is 1. The first-order valence-corrected chi connectivity index (χ1v) is 9.34. The van der Waals surface area contributed by atoms with Crippen molar-refractivity contribution >= 4 is 46.6 Å². The second-order valence-corrected chi connectivity index (χ2v) is 7.55. The first-order valence-electron chi connectivity index (χ1n) is 7.60. The van der Waals surface area contributed by atoms with Crippen LogP contribution in [-0.4, -0.2) is 11.5 Å². The highest BCUT2D eigenvalue weighted by molar-refractivity contribution is 7.99. The van der Waals surface area contributed by atoms with E-state index >= 15 is 0 Å². The SMILES string of the molecule is CC(C)c1c(C#N)c(N)[nH+]c(SCC(=O)c2ccc(Cl)c(Cl)c2)c1C#N. The van der Waals surface area contributed by atoms with E-state index in [1.807, 2.05) is 19.9 Å². The van der Waals surface area contributed by atoms with Crippen LogP contribution >= 0.6 is 35.0 Å². The number of aromatic nitrogens is 1. The molecular formula is C18H15Cl2N4OS+. The van der Waals surface area contributed by atoms with Crippen molar-refractivity contribution in [1.29, 1.82) is 10.5 Å². The van der Waals surface area contributed by atoms with Gasteiger partial charge in [-0.15, -0.1) is 0 Å². The molecule has 0 spiro atoms. The van der Waals surface area contributed by atoms with Crippen LogP contribution in [0.1, 0.15) is 46.8 Å². The van der Waals surface area contributed by atoms with Gasteiger partial charge in [0.05, 0.1) is 15.8 Å². The number of rotatable bonds is 5. The van der Waals surface area contributed by atoms with Gasteiger partial charge in [-0.3, -0.25) is 10.5 Å². The molecule has 0 saturated heterocycles. The molecule has 5 nitrogen and oxygen atoms in total. The average Bonchev–Trinajstić information content (AvgIpc) is 2.61. The molecule has 0 bridgehead atoms. The number of nitrogen functional groups attached to an aromatic ring is 1. The molecule has 2 aromatic rings. The summed E-state index contributed by atoms with van der Waals surface area (Å²) < 4.78 is 0. The van der Waals surface area contributed by atoms with Gasteiger partial charge in [-0.1, -0.05) is 48.8 Å². The zero-order chi connectivity index (χ0) is 19.4. The number of ketones is 1. The van der Waals surface area contributed by atoms with Crippen LogP contribution in [0.5, 0.6) is 0 Å². The first-order chi connectivity index (χ1) is 12.3. The number of nitriles is 2. The van der Waals surface area contributed by atoms with Gasteiger partial charge in [0.2, 0.25) is 0 Å². The summed E-state index contributed by atoms with van der Waals surface area (Å²) in [6, 6.07) is 8.82. The van der Waals surface area contributed by atoms with E-state index < -0.39 is 0 Å². The zero-order valence-corrected chi connectivity index (χ0v) is 16.4. The minimum atomic E-state index is -0.167. The fraction of sp³-hybridized carbons (Fsp3) is 0.222. The summed E-state index contributed by atoms with van der Waals surface area (Å²) in [6.45, 7) is 3.76. The lowest BCUT2D eigenvalue weighted by molar-refractivity contribution is -0.410. The lowest BCUT2D eigenvalue weighted by Crippen LogP contribution is -2.21. The highest BCUT2D eigenvalue weighted by Gasteiger charge is 2.25. The summed E-state index contributed by atoms with van der Waals surface area (Å²) in [5.74, 6) is 0.0207. The van der Waals surface area contributed by atoms with Crippen molar-refractivity contribution in [2.75, 3.05) is 11.5 Å². The molecule has 0 saturated carbocycles. The maximum absolute atomic E-state index is 12.4. The Labute approximate surface area is 165 Å². The number of nitrogens with one attached hydrogen (secondary N) is 1. The van der Waals surface area contributed by atoms with Crippen LogP contribution in [0.3, 0.4) is 0 Å². The lowest BCUT2D eigenvalue weighted by atomic mass is 9.94. The molecule has 3 N–H and O–H groups in total. The van der Waals surface area contributed by atoms with Gasteiger partial charge in [0.1, 0.15) is 23.3 Å². The van der Waals surface area contributed by atoms with E-state index in [1.165, 1.54) is 6.07 Å². The normalized spacial score (nSPS) is 10.4. The van der Waals surface area contributed by atoms with Crippen molar-refractivity contribution in [1.82, 2.24) is 0 Å². The van der Waals surface area contributed by atoms with Crippen LogP contribution in [0.15, 0.2) is 23.2 Å². The highest BCUT2D eigenvalue weighted by Crippen LogP contribution is 2.31. The smallest absolute Gasteiger partial charge is 0.289 e. The maximum Gasteiger partial charge on any atom is 0.289 e. The topological polar surface area (TPSA) is 105 Å². The van der Waals surface area contributed by atoms with Crippen LogP contribution in [-0.2, 0) is 0 Å². The number of pyridine rings is 1. The van der Waals surface area contributed by atoms with E-state index in [1.54, 1.807) is 12.1 Å². The van der Waals surface area contributed by atoms with Crippen molar-refractivity contribution in [2.45, 2.75) is 24.8 Å². The van der Waals surface area contributed by atoms with E-state index in [9.17, 15) is 15.3 Å². The average molecular weight is 406 g/mol. The number of carbonyl (C=O) groups is 1. The second kappa shape index (κ2) is 8.42. The minimum Gasteiger partial charge on any atom is -0.293 e. The fourth-order valence-electron chi connectivity index (χ4n) is 2.45. The summed E-state index contributed by atoms with van der Waals surface area (Å²) in [5.41, 5.74) is 7.53. The quantitative estimate of drug-likeness (QED) is 0.591. The van der Waals surface area contributed by atoms with Crippen molar-refractivity contribution in [3.05, 3.63) is 50.5 Å². The van der Waals surface area contributed by atoms with Gasteiger partial charge in [0.25, 0.3) is 5.82 Å². The molecule has 0 fully saturated rings. The molecule has 0 radical (unpaired) electrons. The van der Waals surface area contributed by atoms with Crippen molar-refractivity contribution < 1.29 is 9.78 Å². The van der Waals surface area contributed by atoms with Crippen molar-refractivity contribution in [3.8, 4) is 12.1 Å². The third-order valence-corrected chi connectivity index (χ3v) is 5.41. The Bertz CT molecular complexity index is 961. The number of hydrogen-bond donors (Lipinski definition) is 1. The number of H-pyrrole nitrogens is 1. The Kier molecular flexibility index (Phi) is 6.50. The fourth-order valence-corrected chi connectivity index (χ4v) is 3.67. The molecule has 2 rings (SSSR count). The maximum atomic E-state index is 12.4. The number of halogens is 2. The Balaban J connectivity index is 2.35. The van der Waals surface area contributed by atoms with E-state index in [-0.39, 0.29) is 28.8 Å². The molecule has 132 valence electrons. The van der Waals surface area contributed by atoms with Gasteiger partial charge in [-0.2, -0.15) is 10.5 Å². The number of thioether (sulfide) groups is 1. The summed E-state index contributed by atoms with van der Waals surface area (Å²) in [5, 5.41) is 20.0. The van der Waals surface area contributed by atoms with E-state index in [0.717, 1.165) is 11.8 Å². The molecule has 1 heterocycles. The lowest BCUT2D eigenvalue weighted by Gasteiger charge is -2.12. The largest absolute Gasteiger partial charge is 0.293 e. The number of anilines is 1. The molecule has 0 amide bonds. The van der Waals surface area contributed by atoms with Gasteiger partial charge in [0.15, 0.2) is 10.8 Å². The van der Waals surface area contributed by atoms with E-state index in [0.29, 0.717) is 31.8 Å². The summed E-state index contributed by atoms with van der Waals surface area (Å²) >= 11 is 13.0. The second-order valence-electron chi connectivity index (χ2n) is 5.75. The molecule has 8 heteroatoms. The number of carbonyl (C=O) groups excluding carboxylic acids is 1. The van der Waals surface area contributed by atoms with Crippen LogP contribution in [0.25, 0.3) is 0 Å². The van der Waals surface area contributed by atoms with Crippen molar-refractivity contribution in [2.24, 2.45) is 0 Å². The third kappa shape index (κ3) is 4.11. The summed E-state index contributed by atoms with van der Waals surface area (Å²) in [6.07, 6.45) is 0. The molecule has 0 unspecified atom stereocenters. The molecule has 1 aromatic carbocycles. The number of nitrogens with two attached hydrogens (primary N) is 1. The summed E-state index contributed by atoms with van der Waals surface area (Å²) in [7, 11) is 0. The summed E-state index contributed by atoms with van der Waals surface area (Å²) in [4.78, 5) is 15.3. The molecule has 0 aliphatic carbocycles. The standard InChI is InChI=1S/C18H14Cl2N4OS/c1-9(2)16-11(6-21)17(23)24-18(12(16)7-22)26-8-15(25)10-3-4-13(19)14(20)5-10/h3-5,9H,8H2,1-2H3,(H2,23,24)/p+1. The molecule has 1 aromatic heterocycles. The molecule has 26 heavy (non-hydrogen) atoms. The number of hydrogen-bond acceptors (Lipinski definition) is 5. The Morgan fingerprint density at radius 1 is 1.23 bits per heavy atom. The minimum absolute atomic E-state index is 0.0682. The molecular weight excluding hydrogens is 391 g/mol.